The minimum absolute atomic E-state index is 0.101. The molecule has 120 valence electrons. The maximum absolute atomic E-state index is 12.8. The van der Waals surface area contributed by atoms with Gasteiger partial charge in [0.15, 0.2) is 0 Å². The summed E-state index contributed by atoms with van der Waals surface area (Å²) in [6.45, 7) is 2.47. The molecule has 0 bridgehead atoms. The van der Waals surface area contributed by atoms with Gasteiger partial charge in [-0.25, -0.2) is 4.39 Å². The number of hydrogen-bond acceptors (Lipinski definition) is 2. The molecule has 1 aromatic carbocycles. The van der Waals surface area contributed by atoms with Crippen LogP contribution in [0.2, 0.25) is 0 Å². The Morgan fingerprint density at radius 2 is 1.82 bits per heavy atom. The Hall–Kier alpha value is -1.91. The van der Waals surface area contributed by atoms with Gasteiger partial charge in [-0.1, -0.05) is 31.9 Å². The number of carbonyl (C=O) groups is 2. The van der Waals surface area contributed by atoms with Crippen molar-refractivity contribution in [1.82, 2.24) is 10.6 Å². The van der Waals surface area contributed by atoms with Gasteiger partial charge in [0, 0.05) is 12.6 Å². The molecule has 0 heterocycles. The summed E-state index contributed by atoms with van der Waals surface area (Å²) < 4.78 is 12.8. The van der Waals surface area contributed by atoms with Crippen molar-refractivity contribution in [2.45, 2.75) is 45.1 Å². The van der Waals surface area contributed by atoms with Crippen LogP contribution in [0.3, 0.4) is 0 Å². The van der Waals surface area contributed by atoms with Crippen molar-refractivity contribution in [3.05, 3.63) is 35.6 Å². The zero-order chi connectivity index (χ0) is 15.9. The third kappa shape index (κ3) is 4.83. The molecule has 5 heteroatoms. The number of hydrogen-bond donors (Lipinski definition) is 2. The molecule has 4 nitrogen and oxygen atoms in total. The average molecular weight is 306 g/mol. The van der Waals surface area contributed by atoms with Gasteiger partial charge >= 0.3 is 11.8 Å². The van der Waals surface area contributed by atoms with Gasteiger partial charge in [-0.3, -0.25) is 9.59 Å². The normalized spacial score (nSPS) is 21.2. The Bertz CT molecular complexity index is 516. The van der Waals surface area contributed by atoms with Crippen LogP contribution in [0, 0.1) is 11.7 Å². The molecule has 1 aliphatic carbocycles. The maximum atomic E-state index is 12.8. The second-order valence-electron chi connectivity index (χ2n) is 5.97. The first kappa shape index (κ1) is 16.5. The maximum Gasteiger partial charge on any atom is 0.309 e. The number of halogens is 1. The number of amides is 2. The van der Waals surface area contributed by atoms with Crippen LogP contribution < -0.4 is 10.6 Å². The quantitative estimate of drug-likeness (QED) is 0.838. The van der Waals surface area contributed by atoms with E-state index in [-0.39, 0.29) is 11.9 Å². The van der Waals surface area contributed by atoms with E-state index in [0.29, 0.717) is 18.9 Å². The van der Waals surface area contributed by atoms with Crippen molar-refractivity contribution >= 4 is 11.8 Å². The molecule has 0 radical (unpaired) electrons. The molecule has 2 unspecified atom stereocenters. The molecule has 2 rings (SSSR count). The number of benzene rings is 1. The van der Waals surface area contributed by atoms with Gasteiger partial charge in [-0.05, 0) is 42.9 Å². The van der Waals surface area contributed by atoms with Crippen LogP contribution in [0.25, 0.3) is 0 Å². The molecule has 2 amide bonds. The van der Waals surface area contributed by atoms with E-state index in [2.05, 4.69) is 17.6 Å². The van der Waals surface area contributed by atoms with Gasteiger partial charge in [0.25, 0.3) is 0 Å². The third-order valence-electron chi connectivity index (χ3n) is 4.25. The minimum atomic E-state index is -0.597. The summed E-state index contributed by atoms with van der Waals surface area (Å²) in [6.07, 6.45) is 4.89. The summed E-state index contributed by atoms with van der Waals surface area (Å²) in [5.74, 6) is -1.02. The van der Waals surface area contributed by atoms with Gasteiger partial charge in [0.1, 0.15) is 5.82 Å². The highest BCUT2D eigenvalue weighted by molar-refractivity contribution is 6.35. The third-order valence-corrected chi connectivity index (χ3v) is 4.25. The van der Waals surface area contributed by atoms with E-state index in [1.54, 1.807) is 12.1 Å². The topological polar surface area (TPSA) is 58.2 Å². The molecule has 1 aliphatic rings. The Labute approximate surface area is 130 Å². The fourth-order valence-electron chi connectivity index (χ4n) is 2.82. The van der Waals surface area contributed by atoms with Crippen molar-refractivity contribution in [3.8, 4) is 0 Å². The monoisotopic (exact) mass is 306 g/mol. The van der Waals surface area contributed by atoms with Crippen LogP contribution in [0.15, 0.2) is 24.3 Å². The molecule has 2 N–H and O–H groups in total. The zero-order valence-corrected chi connectivity index (χ0v) is 12.9. The second-order valence-corrected chi connectivity index (χ2v) is 5.97. The highest BCUT2D eigenvalue weighted by Crippen LogP contribution is 2.23. The van der Waals surface area contributed by atoms with Gasteiger partial charge < -0.3 is 10.6 Å². The molecular weight excluding hydrogens is 283 g/mol. The summed E-state index contributed by atoms with van der Waals surface area (Å²) in [5.41, 5.74) is 0.919. The lowest BCUT2D eigenvalue weighted by atomic mass is 9.86. The SMILES string of the molecule is CC1CCCCC1NC(=O)C(=O)NCCc1ccc(F)cc1. The van der Waals surface area contributed by atoms with Gasteiger partial charge in [-0.2, -0.15) is 0 Å². The smallest absolute Gasteiger partial charge is 0.309 e. The summed E-state index contributed by atoms with van der Waals surface area (Å²) in [5, 5.41) is 5.43. The van der Waals surface area contributed by atoms with E-state index < -0.39 is 11.8 Å². The van der Waals surface area contributed by atoms with Crippen LogP contribution in [0.5, 0.6) is 0 Å². The number of nitrogens with one attached hydrogen (secondary N) is 2. The van der Waals surface area contributed by atoms with Crippen molar-refractivity contribution < 1.29 is 14.0 Å². The highest BCUT2D eigenvalue weighted by atomic mass is 19.1. The predicted octanol–water partition coefficient (Wildman–Crippen LogP) is 2.18. The summed E-state index contributed by atoms with van der Waals surface area (Å²) in [7, 11) is 0. The lowest BCUT2D eigenvalue weighted by Gasteiger charge is -2.29. The van der Waals surface area contributed by atoms with Crippen LogP contribution in [0.1, 0.15) is 38.2 Å². The van der Waals surface area contributed by atoms with E-state index in [4.69, 9.17) is 0 Å². The fourth-order valence-corrected chi connectivity index (χ4v) is 2.82. The molecule has 1 aromatic rings. The van der Waals surface area contributed by atoms with E-state index in [9.17, 15) is 14.0 Å². The van der Waals surface area contributed by atoms with Gasteiger partial charge in [0.2, 0.25) is 0 Å². The molecule has 0 saturated heterocycles. The Balaban J connectivity index is 1.72. The van der Waals surface area contributed by atoms with Crippen molar-refractivity contribution in [2.75, 3.05) is 6.54 Å². The Kier molecular flexibility index (Phi) is 5.92. The molecule has 2 atom stereocenters. The van der Waals surface area contributed by atoms with Crippen molar-refractivity contribution in [3.63, 3.8) is 0 Å². The van der Waals surface area contributed by atoms with Crippen LogP contribution in [-0.4, -0.2) is 24.4 Å². The molecule has 1 saturated carbocycles. The van der Waals surface area contributed by atoms with Gasteiger partial charge in [0.05, 0.1) is 0 Å². The number of carbonyl (C=O) groups excluding carboxylic acids is 2. The lowest BCUT2D eigenvalue weighted by molar-refractivity contribution is -0.139. The summed E-state index contributed by atoms with van der Waals surface area (Å²) in [4.78, 5) is 23.7. The van der Waals surface area contributed by atoms with Crippen molar-refractivity contribution in [2.24, 2.45) is 5.92 Å². The van der Waals surface area contributed by atoms with Crippen molar-refractivity contribution in [1.29, 1.82) is 0 Å². The molecule has 22 heavy (non-hydrogen) atoms. The summed E-state index contributed by atoms with van der Waals surface area (Å²) >= 11 is 0. The predicted molar refractivity (Wildman–Crippen MR) is 82.7 cm³/mol. The standard InChI is InChI=1S/C17H23FN2O2/c1-12-4-2-3-5-15(12)20-17(22)16(21)19-11-10-13-6-8-14(18)9-7-13/h6-9,12,15H,2-5,10-11H2,1H3,(H,19,21)(H,20,22). The Morgan fingerprint density at radius 3 is 2.50 bits per heavy atom. The second kappa shape index (κ2) is 7.92. The fraction of sp³-hybridized carbons (Fsp3) is 0.529. The molecular formula is C17H23FN2O2. The number of rotatable bonds is 4. The lowest BCUT2D eigenvalue weighted by Crippen LogP contribution is -2.48. The first-order valence-electron chi connectivity index (χ1n) is 7.89. The largest absolute Gasteiger partial charge is 0.348 e. The Morgan fingerprint density at radius 1 is 1.14 bits per heavy atom. The van der Waals surface area contributed by atoms with Crippen LogP contribution in [-0.2, 0) is 16.0 Å². The van der Waals surface area contributed by atoms with E-state index in [1.165, 1.54) is 18.6 Å². The van der Waals surface area contributed by atoms with Gasteiger partial charge in [-0.15, -0.1) is 0 Å². The highest BCUT2D eigenvalue weighted by Gasteiger charge is 2.25. The minimum Gasteiger partial charge on any atom is -0.348 e. The molecule has 0 aliphatic heterocycles. The van der Waals surface area contributed by atoms with E-state index >= 15 is 0 Å². The van der Waals surface area contributed by atoms with Crippen LogP contribution >= 0.6 is 0 Å². The van der Waals surface area contributed by atoms with Crippen LogP contribution in [0.4, 0.5) is 4.39 Å². The first-order chi connectivity index (χ1) is 10.6. The molecule has 0 aromatic heterocycles. The van der Waals surface area contributed by atoms with E-state index in [1.807, 2.05) is 0 Å². The molecule has 0 spiro atoms. The summed E-state index contributed by atoms with van der Waals surface area (Å²) in [6, 6.07) is 6.21. The molecule has 1 fully saturated rings. The zero-order valence-electron chi connectivity index (χ0n) is 12.9. The average Bonchev–Trinajstić information content (AvgIpc) is 2.51. The van der Waals surface area contributed by atoms with E-state index in [0.717, 1.165) is 24.8 Å². The first-order valence-corrected chi connectivity index (χ1v) is 7.89.